The molecule has 1 aromatic carbocycles. The van der Waals surface area contributed by atoms with E-state index in [-0.39, 0.29) is 5.75 Å². The van der Waals surface area contributed by atoms with Crippen molar-refractivity contribution in [2.45, 2.75) is 20.0 Å². The third-order valence-electron chi connectivity index (χ3n) is 2.40. The van der Waals surface area contributed by atoms with Crippen LogP contribution in [0.2, 0.25) is 0 Å². The molecule has 0 bridgehead atoms. The van der Waals surface area contributed by atoms with Gasteiger partial charge in [0.15, 0.2) is 11.5 Å². The molecule has 5 heteroatoms. The Morgan fingerprint density at radius 3 is 2.61 bits per heavy atom. The summed E-state index contributed by atoms with van der Waals surface area (Å²) in [5, 5.41) is 0.779. The Kier molecular flexibility index (Phi) is 6.12. The predicted octanol–water partition coefficient (Wildman–Crippen LogP) is 4.48. The topological polar surface area (TPSA) is 18.5 Å². The lowest BCUT2D eigenvalue weighted by Gasteiger charge is -2.10. The van der Waals surface area contributed by atoms with Gasteiger partial charge in [0.25, 0.3) is 0 Å². The molecule has 0 fully saturated rings. The van der Waals surface area contributed by atoms with Crippen LogP contribution in [0.25, 0.3) is 6.08 Å². The summed E-state index contributed by atoms with van der Waals surface area (Å²) >= 11 is 3.39. The van der Waals surface area contributed by atoms with Crippen molar-refractivity contribution in [2.24, 2.45) is 0 Å². The van der Waals surface area contributed by atoms with E-state index in [1.165, 1.54) is 18.7 Å². The molecule has 0 aliphatic rings. The largest absolute Gasteiger partial charge is 0.493 e. The Morgan fingerprint density at radius 1 is 1.39 bits per heavy atom. The van der Waals surface area contributed by atoms with Crippen LogP contribution in [0.15, 0.2) is 23.8 Å². The van der Waals surface area contributed by atoms with Gasteiger partial charge in [0, 0.05) is 5.33 Å². The van der Waals surface area contributed by atoms with Gasteiger partial charge in [0.2, 0.25) is 0 Å². The summed E-state index contributed by atoms with van der Waals surface area (Å²) in [6.07, 6.45) is 2.91. The molecule has 18 heavy (non-hydrogen) atoms. The van der Waals surface area contributed by atoms with E-state index in [9.17, 15) is 8.78 Å². The number of hydrogen-bond donors (Lipinski definition) is 0. The van der Waals surface area contributed by atoms with Crippen LogP contribution >= 0.6 is 15.9 Å². The third-order valence-corrected chi connectivity index (χ3v) is 3.12. The molecule has 0 amide bonds. The van der Waals surface area contributed by atoms with Crippen LogP contribution in [-0.2, 0) is 0 Å². The van der Waals surface area contributed by atoms with Crippen LogP contribution in [0.4, 0.5) is 8.78 Å². The summed E-state index contributed by atoms with van der Waals surface area (Å²) in [6.45, 7) is -0.799. The normalized spacial score (nSPS) is 11.8. The van der Waals surface area contributed by atoms with Crippen LogP contribution in [0, 0.1) is 0 Å². The lowest BCUT2D eigenvalue weighted by Crippen LogP contribution is -2.03. The molecule has 1 rings (SSSR count). The average Bonchev–Trinajstić information content (AvgIpc) is 2.36. The summed E-state index contributed by atoms with van der Waals surface area (Å²) < 4.78 is 33.7. The fourth-order valence-electron chi connectivity index (χ4n) is 1.44. The van der Waals surface area contributed by atoms with Gasteiger partial charge in [-0.05, 0) is 24.1 Å². The zero-order valence-electron chi connectivity index (χ0n) is 10.3. The molecule has 0 aliphatic heterocycles. The quantitative estimate of drug-likeness (QED) is 0.719. The van der Waals surface area contributed by atoms with Crippen molar-refractivity contribution < 1.29 is 18.3 Å². The van der Waals surface area contributed by atoms with Gasteiger partial charge >= 0.3 is 6.61 Å². The van der Waals surface area contributed by atoms with E-state index in [2.05, 4.69) is 27.6 Å². The van der Waals surface area contributed by atoms with E-state index >= 15 is 0 Å². The highest BCUT2D eigenvalue weighted by Gasteiger charge is 2.10. The van der Waals surface area contributed by atoms with Gasteiger partial charge in [-0.15, -0.1) is 0 Å². The second-order valence-corrected chi connectivity index (χ2v) is 4.14. The number of alkyl halides is 3. The van der Waals surface area contributed by atoms with E-state index in [0.29, 0.717) is 5.75 Å². The highest BCUT2D eigenvalue weighted by molar-refractivity contribution is 9.09. The van der Waals surface area contributed by atoms with Crippen LogP contribution in [0.1, 0.15) is 18.9 Å². The molecule has 0 unspecified atom stereocenters. The first kappa shape index (κ1) is 15.0. The third kappa shape index (κ3) is 4.29. The molecule has 0 radical (unpaired) electrons. The minimum absolute atomic E-state index is 0.0431. The van der Waals surface area contributed by atoms with Crippen molar-refractivity contribution in [1.82, 2.24) is 0 Å². The van der Waals surface area contributed by atoms with Gasteiger partial charge in [0.05, 0.1) is 7.11 Å². The summed E-state index contributed by atoms with van der Waals surface area (Å²) in [5.41, 5.74) is 2.10. The van der Waals surface area contributed by atoms with Crippen molar-refractivity contribution in [3.63, 3.8) is 0 Å². The lowest BCUT2D eigenvalue weighted by molar-refractivity contribution is -0.0512. The zero-order valence-corrected chi connectivity index (χ0v) is 11.8. The SMILES string of the molecule is CCC(=Cc1ccc(OC(F)F)c(OC)c1)CBr. The van der Waals surface area contributed by atoms with Gasteiger partial charge in [-0.3, -0.25) is 0 Å². The molecule has 0 heterocycles. The number of halogens is 3. The van der Waals surface area contributed by atoms with E-state index in [0.717, 1.165) is 17.3 Å². The van der Waals surface area contributed by atoms with E-state index in [4.69, 9.17) is 4.74 Å². The summed E-state index contributed by atoms with van der Waals surface area (Å²) in [6, 6.07) is 4.88. The predicted molar refractivity (Wildman–Crippen MR) is 71.7 cm³/mol. The van der Waals surface area contributed by atoms with Crippen molar-refractivity contribution in [3.05, 3.63) is 29.3 Å². The monoisotopic (exact) mass is 320 g/mol. The Hall–Kier alpha value is -1.10. The van der Waals surface area contributed by atoms with Gasteiger partial charge < -0.3 is 9.47 Å². The maximum atomic E-state index is 12.2. The van der Waals surface area contributed by atoms with E-state index in [1.54, 1.807) is 12.1 Å². The number of rotatable bonds is 6. The van der Waals surface area contributed by atoms with E-state index < -0.39 is 6.61 Å². The Bertz CT molecular complexity index is 413. The van der Waals surface area contributed by atoms with Gasteiger partial charge in [0.1, 0.15) is 0 Å². The number of hydrogen-bond acceptors (Lipinski definition) is 2. The molecule has 0 saturated heterocycles. The average molecular weight is 321 g/mol. The first-order chi connectivity index (χ1) is 8.60. The van der Waals surface area contributed by atoms with E-state index in [1.807, 2.05) is 6.08 Å². The molecule has 0 atom stereocenters. The van der Waals surface area contributed by atoms with Crippen molar-refractivity contribution >= 4 is 22.0 Å². The van der Waals surface area contributed by atoms with Crippen LogP contribution in [-0.4, -0.2) is 19.1 Å². The van der Waals surface area contributed by atoms with Gasteiger partial charge in [-0.2, -0.15) is 8.78 Å². The fraction of sp³-hybridized carbons (Fsp3) is 0.385. The van der Waals surface area contributed by atoms with Crippen LogP contribution < -0.4 is 9.47 Å². The Labute approximate surface area is 114 Å². The summed E-state index contributed by atoms with van der Waals surface area (Å²) in [7, 11) is 1.42. The standard InChI is InChI=1S/C13H15BrF2O2/c1-3-9(8-14)6-10-4-5-11(18-13(15)16)12(7-10)17-2/h4-7,13H,3,8H2,1-2H3. The second kappa shape index (κ2) is 7.36. The zero-order chi connectivity index (χ0) is 13.5. The summed E-state index contributed by atoms with van der Waals surface area (Å²) in [5.74, 6) is 0.343. The smallest absolute Gasteiger partial charge is 0.387 e. The van der Waals surface area contributed by atoms with Gasteiger partial charge in [-0.25, -0.2) is 0 Å². The van der Waals surface area contributed by atoms with Crippen molar-refractivity contribution in [3.8, 4) is 11.5 Å². The highest BCUT2D eigenvalue weighted by Crippen LogP contribution is 2.30. The fourth-order valence-corrected chi connectivity index (χ4v) is 2.00. The Balaban J connectivity index is 3.01. The minimum Gasteiger partial charge on any atom is -0.493 e. The molecular weight excluding hydrogens is 306 g/mol. The number of allylic oxidation sites excluding steroid dienone is 1. The number of methoxy groups -OCH3 is 1. The van der Waals surface area contributed by atoms with Crippen LogP contribution in [0.3, 0.4) is 0 Å². The molecule has 0 aromatic heterocycles. The van der Waals surface area contributed by atoms with Crippen LogP contribution in [0.5, 0.6) is 11.5 Å². The molecule has 2 nitrogen and oxygen atoms in total. The van der Waals surface area contributed by atoms with Gasteiger partial charge in [-0.1, -0.05) is 40.6 Å². The molecule has 1 aromatic rings. The molecule has 0 N–H and O–H groups in total. The first-order valence-electron chi connectivity index (χ1n) is 5.49. The number of benzene rings is 1. The second-order valence-electron chi connectivity index (χ2n) is 3.58. The summed E-state index contributed by atoms with van der Waals surface area (Å²) in [4.78, 5) is 0. The molecule has 0 saturated carbocycles. The van der Waals surface area contributed by atoms with Crippen molar-refractivity contribution in [1.29, 1.82) is 0 Å². The van der Waals surface area contributed by atoms with Crippen molar-refractivity contribution in [2.75, 3.05) is 12.4 Å². The lowest BCUT2D eigenvalue weighted by atomic mass is 10.1. The number of ether oxygens (including phenoxy) is 2. The molecular formula is C13H15BrF2O2. The maximum absolute atomic E-state index is 12.2. The Morgan fingerprint density at radius 2 is 2.11 bits per heavy atom. The maximum Gasteiger partial charge on any atom is 0.387 e. The molecule has 0 aliphatic carbocycles. The highest BCUT2D eigenvalue weighted by atomic mass is 79.9. The molecule has 0 spiro atoms. The molecule has 100 valence electrons. The minimum atomic E-state index is -2.85. The first-order valence-corrected chi connectivity index (χ1v) is 6.61.